The smallest absolute Gasteiger partial charge is 0.225 e. The molecule has 30 heavy (non-hydrogen) atoms. The third kappa shape index (κ3) is 3.69. The molecule has 8 nitrogen and oxygen atoms in total. The molecule has 8 heteroatoms. The third-order valence-corrected chi connectivity index (χ3v) is 5.09. The lowest BCUT2D eigenvalue weighted by molar-refractivity contribution is -0.0513. The molecule has 0 atom stereocenters. The minimum Gasteiger partial charge on any atom is -0.477 e. The SMILES string of the molecule is Cn1cc(-c2cccc(-c3ncc(-c4cnn(C)c4)c(OCC4COC4)n3)c2)cn1. The standard InChI is InChI=1S/C22H22N6O2/c1-27-10-18(7-24-27)16-4-3-5-17(6-16)21-23-9-20(19-8-25-28(2)11-19)22(26-21)30-14-15-12-29-13-15/h3-11,15H,12-14H2,1-2H3. The minimum atomic E-state index is 0.402. The number of hydrogen-bond donors (Lipinski definition) is 0. The van der Waals surface area contributed by atoms with Gasteiger partial charge < -0.3 is 9.47 Å². The van der Waals surface area contributed by atoms with Gasteiger partial charge in [0.05, 0.1) is 37.8 Å². The minimum absolute atomic E-state index is 0.402. The van der Waals surface area contributed by atoms with Crippen molar-refractivity contribution in [3.05, 3.63) is 55.2 Å². The molecule has 0 bridgehead atoms. The van der Waals surface area contributed by atoms with E-state index in [2.05, 4.69) is 27.3 Å². The van der Waals surface area contributed by atoms with Crippen LogP contribution in [0.5, 0.6) is 5.88 Å². The molecule has 0 spiro atoms. The van der Waals surface area contributed by atoms with Gasteiger partial charge in [0.25, 0.3) is 0 Å². The predicted octanol–water partition coefficient (Wildman–Crippen LogP) is 2.97. The Bertz CT molecular complexity index is 1180. The van der Waals surface area contributed by atoms with Crippen molar-refractivity contribution in [2.24, 2.45) is 20.0 Å². The van der Waals surface area contributed by atoms with Crippen molar-refractivity contribution in [3.8, 4) is 39.5 Å². The largest absolute Gasteiger partial charge is 0.477 e. The Kier molecular flexibility index (Phi) is 4.76. The van der Waals surface area contributed by atoms with E-state index in [0.717, 1.165) is 41.0 Å². The van der Waals surface area contributed by atoms with Gasteiger partial charge in [0.1, 0.15) is 0 Å². The number of nitrogens with zero attached hydrogens (tertiary/aromatic N) is 6. The van der Waals surface area contributed by atoms with Gasteiger partial charge in [-0.3, -0.25) is 9.36 Å². The monoisotopic (exact) mass is 402 g/mol. The highest BCUT2D eigenvalue weighted by molar-refractivity contribution is 5.72. The molecule has 1 saturated heterocycles. The summed E-state index contributed by atoms with van der Waals surface area (Å²) in [5.74, 6) is 1.58. The molecule has 4 aromatic rings. The number of aromatic nitrogens is 6. The van der Waals surface area contributed by atoms with Crippen molar-refractivity contribution in [2.45, 2.75) is 0 Å². The summed E-state index contributed by atoms with van der Waals surface area (Å²) >= 11 is 0. The van der Waals surface area contributed by atoms with E-state index < -0.39 is 0 Å². The summed E-state index contributed by atoms with van der Waals surface area (Å²) in [6.07, 6.45) is 9.37. The van der Waals surface area contributed by atoms with Crippen molar-refractivity contribution in [2.75, 3.05) is 19.8 Å². The molecule has 1 fully saturated rings. The summed E-state index contributed by atoms with van der Waals surface area (Å²) in [5, 5.41) is 8.52. The Morgan fingerprint density at radius 3 is 2.37 bits per heavy atom. The van der Waals surface area contributed by atoms with E-state index in [4.69, 9.17) is 14.5 Å². The molecule has 1 aliphatic heterocycles. The van der Waals surface area contributed by atoms with Crippen LogP contribution in [0, 0.1) is 5.92 Å². The van der Waals surface area contributed by atoms with Crippen LogP contribution in [0.25, 0.3) is 33.6 Å². The Labute approximate surface area is 174 Å². The topological polar surface area (TPSA) is 79.9 Å². The zero-order chi connectivity index (χ0) is 20.5. The molecule has 1 aromatic carbocycles. The summed E-state index contributed by atoms with van der Waals surface area (Å²) in [7, 11) is 3.79. The van der Waals surface area contributed by atoms with E-state index in [1.54, 1.807) is 15.6 Å². The van der Waals surface area contributed by atoms with E-state index >= 15 is 0 Å². The second kappa shape index (κ2) is 7.72. The maximum atomic E-state index is 6.10. The molecule has 0 saturated carbocycles. The maximum Gasteiger partial charge on any atom is 0.225 e. The Balaban J connectivity index is 1.50. The quantitative estimate of drug-likeness (QED) is 0.493. The molecule has 0 aliphatic carbocycles. The first-order valence-corrected chi connectivity index (χ1v) is 9.82. The molecule has 0 amide bonds. The van der Waals surface area contributed by atoms with Crippen LogP contribution < -0.4 is 4.74 Å². The Morgan fingerprint density at radius 2 is 1.70 bits per heavy atom. The molecular weight excluding hydrogens is 380 g/mol. The van der Waals surface area contributed by atoms with Crippen LogP contribution in [-0.2, 0) is 18.8 Å². The van der Waals surface area contributed by atoms with Crippen molar-refractivity contribution < 1.29 is 9.47 Å². The molecule has 0 N–H and O–H groups in total. The fraction of sp³-hybridized carbons (Fsp3) is 0.273. The second-order valence-electron chi connectivity index (χ2n) is 7.51. The number of hydrogen-bond acceptors (Lipinski definition) is 6. The normalized spacial score (nSPS) is 13.9. The fourth-order valence-corrected chi connectivity index (χ4v) is 3.36. The van der Waals surface area contributed by atoms with Gasteiger partial charge in [-0.15, -0.1) is 0 Å². The zero-order valence-corrected chi connectivity index (χ0v) is 16.9. The van der Waals surface area contributed by atoms with Gasteiger partial charge in [-0.1, -0.05) is 18.2 Å². The second-order valence-corrected chi connectivity index (χ2v) is 7.51. The first-order valence-electron chi connectivity index (χ1n) is 9.82. The molecule has 152 valence electrons. The van der Waals surface area contributed by atoms with Crippen molar-refractivity contribution in [3.63, 3.8) is 0 Å². The highest BCUT2D eigenvalue weighted by atomic mass is 16.5. The van der Waals surface area contributed by atoms with Crippen LogP contribution in [0.15, 0.2) is 55.2 Å². The van der Waals surface area contributed by atoms with Gasteiger partial charge in [0.2, 0.25) is 5.88 Å². The van der Waals surface area contributed by atoms with Crippen LogP contribution in [0.4, 0.5) is 0 Å². The highest BCUT2D eigenvalue weighted by Gasteiger charge is 2.21. The van der Waals surface area contributed by atoms with E-state index in [9.17, 15) is 0 Å². The molecule has 0 unspecified atom stereocenters. The summed E-state index contributed by atoms with van der Waals surface area (Å²) in [4.78, 5) is 9.39. The Morgan fingerprint density at radius 1 is 0.967 bits per heavy atom. The number of rotatable bonds is 6. The van der Waals surface area contributed by atoms with Crippen molar-refractivity contribution >= 4 is 0 Å². The summed E-state index contributed by atoms with van der Waals surface area (Å²) in [5.41, 5.74) is 4.79. The third-order valence-electron chi connectivity index (χ3n) is 5.09. The van der Waals surface area contributed by atoms with Crippen LogP contribution in [0.3, 0.4) is 0 Å². The van der Waals surface area contributed by atoms with Crippen molar-refractivity contribution in [1.82, 2.24) is 29.5 Å². The van der Waals surface area contributed by atoms with Gasteiger partial charge >= 0.3 is 0 Å². The van der Waals surface area contributed by atoms with Crippen LogP contribution in [0.1, 0.15) is 0 Å². The first kappa shape index (κ1) is 18.5. The Hall–Kier alpha value is -3.52. The highest BCUT2D eigenvalue weighted by Crippen LogP contribution is 2.31. The molecule has 5 rings (SSSR count). The van der Waals surface area contributed by atoms with Gasteiger partial charge in [-0.25, -0.2) is 4.98 Å². The molecule has 3 aromatic heterocycles. The number of benzene rings is 1. The van der Waals surface area contributed by atoms with E-state index in [1.165, 1.54) is 0 Å². The fourth-order valence-electron chi connectivity index (χ4n) is 3.36. The van der Waals surface area contributed by atoms with Crippen molar-refractivity contribution in [1.29, 1.82) is 0 Å². The molecular formula is C22H22N6O2. The number of ether oxygens (including phenoxy) is 2. The molecule has 0 radical (unpaired) electrons. The maximum absolute atomic E-state index is 6.10. The molecule has 4 heterocycles. The van der Waals surface area contributed by atoms with Gasteiger partial charge in [-0.2, -0.15) is 15.2 Å². The summed E-state index contributed by atoms with van der Waals surface area (Å²) in [6, 6.07) is 8.13. The summed E-state index contributed by atoms with van der Waals surface area (Å²) in [6.45, 7) is 2.03. The van der Waals surface area contributed by atoms with E-state index in [0.29, 0.717) is 24.2 Å². The lowest BCUT2D eigenvalue weighted by Gasteiger charge is -2.25. The van der Waals surface area contributed by atoms with Gasteiger partial charge in [-0.05, 0) is 11.6 Å². The van der Waals surface area contributed by atoms with Gasteiger partial charge in [0, 0.05) is 55.3 Å². The lowest BCUT2D eigenvalue weighted by Crippen LogP contribution is -2.32. The van der Waals surface area contributed by atoms with E-state index in [-0.39, 0.29) is 0 Å². The first-order chi connectivity index (χ1) is 14.7. The lowest BCUT2D eigenvalue weighted by atomic mass is 10.1. The average Bonchev–Trinajstić information content (AvgIpc) is 3.35. The zero-order valence-electron chi connectivity index (χ0n) is 16.9. The van der Waals surface area contributed by atoms with Crippen LogP contribution in [0.2, 0.25) is 0 Å². The predicted molar refractivity (Wildman–Crippen MR) is 112 cm³/mol. The molecule has 1 aliphatic rings. The number of aryl methyl sites for hydroxylation is 2. The summed E-state index contributed by atoms with van der Waals surface area (Å²) < 4.78 is 14.9. The van der Waals surface area contributed by atoms with Gasteiger partial charge in [0.15, 0.2) is 5.82 Å². The van der Waals surface area contributed by atoms with E-state index in [1.807, 2.05) is 51.0 Å². The average molecular weight is 402 g/mol. The van der Waals surface area contributed by atoms with Crippen LogP contribution >= 0.6 is 0 Å². The van der Waals surface area contributed by atoms with Crippen LogP contribution in [-0.4, -0.2) is 49.3 Å².